The van der Waals surface area contributed by atoms with Gasteiger partial charge in [0.15, 0.2) is 0 Å². The summed E-state index contributed by atoms with van der Waals surface area (Å²) >= 11 is 1.62. The van der Waals surface area contributed by atoms with Gasteiger partial charge in [0.2, 0.25) is 5.91 Å². The summed E-state index contributed by atoms with van der Waals surface area (Å²) in [6.07, 6.45) is 0.0501. The highest BCUT2D eigenvalue weighted by Crippen LogP contribution is 2.26. The summed E-state index contributed by atoms with van der Waals surface area (Å²) in [4.78, 5) is 32.2. The minimum absolute atomic E-state index is 0.00400. The molecule has 0 aliphatic carbocycles. The van der Waals surface area contributed by atoms with Crippen LogP contribution in [0.25, 0.3) is 10.6 Å². The van der Waals surface area contributed by atoms with Crippen LogP contribution in [0.5, 0.6) is 5.75 Å². The SMILES string of the molecule is COc1ccc(-c2nc(CN3CCN(C(=O)Cc4ccccc4[N+](=O)[O-])CC3)cs2)cc1. The molecule has 0 N–H and O–H groups in total. The van der Waals surface area contributed by atoms with Gasteiger partial charge in [0.05, 0.1) is 24.1 Å². The zero-order valence-electron chi connectivity index (χ0n) is 17.8. The molecule has 0 unspecified atom stereocenters. The van der Waals surface area contributed by atoms with E-state index in [-0.39, 0.29) is 18.0 Å². The van der Waals surface area contributed by atoms with Crippen molar-refractivity contribution in [1.29, 1.82) is 0 Å². The quantitative estimate of drug-likeness (QED) is 0.402. The second kappa shape index (κ2) is 9.88. The van der Waals surface area contributed by atoms with Crippen molar-refractivity contribution in [3.8, 4) is 16.3 Å². The van der Waals surface area contributed by atoms with Gasteiger partial charge >= 0.3 is 0 Å². The molecule has 0 saturated carbocycles. The lowest BCUT2D eigenvalue weighted by molar-refractivity contribution is -0.385. The van der Waals surface area contributed by atoms with E-state index in [1.54, 1.807) is 41.5 Å². The largest absolute Gasteiger partial charge is 0.497 e. The predicted octanol–water partition coefficient (Wildman–Crippen LogP) is 3.61. The molecule has 9 heteroatoms. The Kier molecular flexibility index (Phi) is 6.77. The summed E-state index contributed by atoms with van der Waals surface area (Å²) in [5.41, 5.74) is 2.53. The van der Waals surface area contributed by atoms with Gasteiger partial charge in [-0.15, -0.1) is 11.3 Å². The number of thiazole rings is 1. The Labute approximate surface area is 190 Å². The average Bonchev–Trinajstić information content (AvgIpc) is 3.28. The van der Waals surface area contributed by atoms with E-state index in [0.29, 0.717) is 18.7 Å². The first-order valence-electron chi connectivity index (χ1n) is 10.3. The number of ether oxygens (including phenoxy) is 1. The Morgan fingerprint density at radius 1 is 1.12 bits per heavy atom. The maximum absolute atomic E-state index is 12.7. The van der Waals surface area contributed by atoms with E-state index < -0.39 is 4.92 Å². The smallest absolute Gasteiger partial charge is 0.273 e. The number of carbonyl (C=O) groups is 1. The van der Waals surface area contributed by atoms with E-state index in [9.17, 15) is 14.9 Å². The van der Waals surface area contributed by atoms with Crippen molar-refractivity contribution in [2.75, 3.05) is 33.3 Å². The maximum atomic E-state index is 12.7. The normalized spacial score (nSPS) is 14.3. The molecular formula is C23H24N4O4S. The van der Waals surface area contributed by atoms with Crippen LogP contribution in [0.4, 0.5) is 5.69 Å². The van der Waals surface area contributed by atoms with E-state index in [1.807, 2.05) is 24.3 Å². The molecular weight excluding hydrogens is 428 g/mol. The molecule has 1 saturated heterocycles. The number of amides is 1. The highest BCUT2D eigenvalue weighted by Gasteiger charge is 2.24. The number of benzene rings is 2. The number of para-hydroxylation sites is 1. The number of piperazine rings is 1. The van der Waals surface area contributed by atoms with Crippen LogP contribution >= 0.6 is 11.3 Å². The van der Waals surface area contributed by atoms with Crippen LogP contribution < -0.4 is 4.74 Å². The minimum atomic E-state index is -0.436. The first-order chi connectivity index (χ1) is 15.5. The number of rotatable bonds is 7. The van der Waals surface area contributed by atoms with E-state index >= 15 is 0 Å². The van der Waals surface area contributed by atoms with Gasteiger partial charge in [-0.25, -0.2) is 4.98 Å². The fourth-order valence-electron chi connectivity index (χ4n) is 3.74. The van der Waals surface area contributed by atoms with Crippen LogP contribution in [-0.4, -0.2) is 58.9 Å². The van der Waals surface area contributed by atoms with Crippen molar-refractivity contribution >= 4 is 22.9 Å². The molecule has 166 valence electrons. The lowest BCUT2D eigenvalue weighted by Gasteiger charge is -2.34. The van der Waals surface area contributed by atoms with Crippen LogP contribution in [0.2, 0.25) is 0 Å². The molecule has 0 bridgehead atoms. The first kappa shape index (κ1) is 21.9. The Morgan fingerprint density at radius 2 is 1.84 bits per heavy atom. The molecule has 1 fully saturated rings. The molecule has 0 atom stereocenters. The Bertz CT molecular complexity index is 1090. The zero-order valence-corrected chi connectivity index (χ0v) is 18.6. The topological polar surface area (TPSA) is 88.8 Å². The summed E-state index contributed by atoms with van der Waals surface area (Å²) in [6, 6.07) is 14.3. The number of methoxy groups -OCH3 is 1. The van der Waals surface area contributed by atoms with Crippen LogP contribution in [-0.2, 0) is 17.8 Å². The van der Waals surface area contributed by atoms with Crippen molar-refractivity contribution < 1.29 is 14.5 Å². The number of nitrogens with zero attached hydrogens (tertiary/aromatic N) is 4. The van der Waals surface area contributed by atoms with Gasteiger partial charge in [0, 0.05) is 55.3 Å². The Morgan fingerprint density at radius 3 is 2.53 bits per heavy atom. The average molecular weight is 453 g/mol. The van der Waals surface area contributed by atoms with Gasteiger partial charge in [-0.2, -0.15) is 0 Å². The molecule has 1 aliphatic rings. The van der Waals surface area contributed by atoms with Crippen molar-refractivity contribution in [1.82, 2.24) is 14.8 Å². The highest BCUT2D eigenvalue weighted by atomic mass is 32.1. The number of hydrogen-bond acceptors (Lipinski definition) is 7. The Balaban J connectivity index is 1.30. The van der Waals surface area contributed by atoms with Gasteiger partial charge in [-0.1, -0.05) is 18.2 Å². The number of nitro benzene ring substituents is 1. The lowest BCUT2D eigenvalue weighted by Crippen LogP contribution is -2.48. The fraction of sp³-hybridized carbons (Fsp3) is 0.304. The van der Waals surface area contributed by atoms with Gasteiger partial charge in [-0.3, -0.25) is 19.8 Å². The minimum Gasteiger partial charge on any atom is -0.497 e. The summed E-state index contributed by atoms with van der Waals surface area (Å²) in [7, 11) is 1.65. The van der Waals surface area contributed by atoms with Crippen molar-refractivity contribution in [2.45, 2.75) is 13.0 Å². The maximum Gasteiger partial charge on any atom is 0.273 e. The molecule has 3 aromatic rings. The van der Waals surface area contributed by atoms with Gasteiger partial charge in [-0.05, 0) is 24.3 Å². The summed E-state index contributed by atoms with van der Waals surface area (Å²) in [5, 5.41) is 14.2. The standard InChI is InChI=1S/C23H24N4O4S/c1-31-20-8-6-17(7-9-20)23-24-19(16-32-23)15-25-10-12-26(13-11-25)22(28)14-18-4-2-3-5-21(18)27(29)30/h2-9,16H,10-15H2,1H3. The number of carbonyl (C=O) groups excluding carboxylic acids is 1. The Hall–Kier alpha value is -3.30. The molecule has 1 aliphatic heterocycles. The molecule has 8 nitrogen and oxygen atoms in total. The van der Waals surface area contributed by atoms with E-state index in [4.69, 9.17) is 9.72 Å². The van der Waals surface area contributed by atoms with Crippen LogP contribution in [0, 0.1) is 10.1 Å². The van der Waals surface area contributed by atoms with Crippen molar-refractivity contribution in [3.63, 3.8) is 0 Å². The molecule has 4 rings (SSSR count). The van der Waals surface area contributed by atoms with Crippen LogP contribution in [0.15, 0.2) is 53.9 Å². The van der Waals surface area contributed by atoms with E-state index in [2.05, 4.69) is 10.3 Å². The third kappa shape index (κ3) is 5.12. The number of aromatic nitrogens is 1. The second-order valence-electron chi connectivity index (χ2n) is 7.59. The van der Waals surface area contributed by atoms with E-state index in [1.165, 1.54) is 6.07 Å². The third-order valence-electron chi connectivity index (χ3n) is 5.53. The lowest BCUT2D eigenvalue weighted by atomic mass is 10.1. The van der Waals surface area contributed by atoms with Gasteiger partial charge in [0.1, 0.15) is 10.8 Å². The summed E-state index contributed by atoms with van der Waals surface area (Å²) in [6.45, 7) is 3.44. The number of hydrogen-bond donors (Lipinski definition) is 0. The second-order valence-corrected chi connectivity index (χ2v) is 8.45. The van der Waals surface area contributed by atoms with Crippen LogP contribution in [0.1, 0.15) is 11.3 Å². The molecule has 1 aromatic heterocycles. The molecule has 2 heterocycles. The monoisotopic (exact) mass is 452 g/mol. The van der Waals surface area contributed by atoms with Crippen molar-refractivity contribution in [3.05, 3.63) is 75.3 Å². The summed E-state index contributed by atoms with van der Waals surface area (Å²) in [5.74, 6) is 0.745. The number of nitro groups is 1. The molecule has 32 heavy (non-hydrogen) atoms. The molecule has 0 spiro atoms. The molecule has 2 aromatic carbocycles. The highest BCUT2D eigenvalue weighted by molar-refractivity contribution is 7.13. The summed E-state index contributed by atoms with van der Waals surface area (Å²) < 4.78 is 5.20. The zero-order chi connectivity index (χ0) is 22.5. The predicted molar refractivity (Wildman–Crippen MR) is 123 cm³/mol. The fourth-order valence-corrected chi connectivity index (χ4v) is 4.56. The van der Waals surface area contributed by atoms with Gasteiger partial charge < -0.3 is 9.64 Å². The van der Waals surface area contributed by atoms with E-state index in [0.717, 1.165) is 41.6 Å². The third-order valence-corrected chi connectivity index (χ3v) is 6.47. The molecule has 0 radical (unpaired) electrons. The first-order valence-corrected chi connectivity index (χ1v) is 11.2. The van der Waals surface area contributed by atoms with Gasteiger partial charge in [0.25, 0.3) is 5.69 Å². The van der Waals surface area contributed by atoms with Crippen LogP contribution in [0.3, 0.4) is 0 Å². The van der Waals surface area contributed by atoms with Crippen molar-refractivity contribution in [2.24, 2.45) is 0 Å². The molecule has 1 amide bonds.